The second kappa shape index (κ2) is 5.78. The van der Waals surface area contributed by atoms with Gasteiger partial charge in [0.1, 0.15) is 0 Å². The summed E-state index contributed by atoms with van der Waals surface area (Å²) in [5.74, 6) is -1.09. The minimum Gasteiger partial charge on any atom is -0.481 e. The SMILES string of the molecule is CC1CC(N2Cc3ccccc3C(C(=O)O)C2)CCN1C. The third-order valence-electron chi connectivity index (χ3n) is 5.22. The summed E-state index contributed by atoms with van der Waals surface area (Å²) in [5.41, 5.74) is 2.19. The van der Waals surface area contributed by atoms with Gasteiger partial charge in [0.25, 0.3) is 0 Å². The lowest BCUT2D eigenvalue weighted by molar-refractivity contribution is -0.140. The van der Waals surface area contributed by atoms with Crippen LogP contribution in [0.5, 0.6) is 0 Å². The minimum absolute atomic E-state index is 0.384. The van der Waals surface area contributed by atoms with Crippen LogP contribution in [0.25, 0.3) is 0 Å². The molecule has 1 aromatic carbocycles. The van der Waals surface area contributed by atoms with Crippen LogP contribution in [-0.2, 0) is 11.3 Å². The Morgan fingerprint density at radius 2 is 2.10 bits per heavy atom. The van der Waals surface area contributed by atoms with Crippen LogP contribution in [0.1, 0.15) is 36.8 Å². The molecule has 0 bridgehead atoms. The van der Waals surface area contributed by atoms with E-state index in [9.17, 15) is 9.90 Å². The average Bonchev–Trinajstić information content (AvgIpc) is 2.48. The molecule has 2 aliphatic heterocycles. The number of nitrogens with zero attached hydrogens (tertiary/aromatic N) is 2. The van der Waals surface area contributed by atoms with Crippen LogP contribution in [0, 0.1) is 0 Å². The molecule has 1 fully saturated rings. The molecule has 1 aromatic rings. The van der Waals surface area contributed by atoms with E-state index >= 15 is 0 Å². The number of carbonyl (C=O) groups is 1. The zero-order valence-corrected chi connectivity index (χ0v) is 12.8. The van der Waals surface area contributed by atoms with Gasteiger partial charge in [-0.1, -0.05) is 24.3 Å². The van der Waals surface area contributed by atoms with Crippen molar-refractivity contribution in [2.75, 3.05) is 20.1 Å². The van der Waals surface area contributed by atoms with Gasteiger partial charge >= 0.3 is 5.97 Å². The molecular weight excluding hydrogens is 264 g/mol. The van der Waals surface area contributed by atoms with E-state index in [4.69, 9.17) is 0 Å². The van der Waals surface area contributed by atoms with E-state index in [-0.39, 0.29) is 5.92 Å². The van der Waals surface area contributed by atoms with Crippen molar-refractivity contribution in [1.82, 2.24) is 9.80 Å². The summed E-state index contributed by atoms with van der Waals surface area (Å²) in [6.07, 6.45) is 2.26. The van der Waals surface area contributed by atoms with Gasteiger partial charge in [0, 0.05) is 25.2 Å². The predicted octanol–water partition coefficient (Wildman–Crippen LogP) is 2.15. The molecule has 0 spiro atoms. The van der Waals surface area contributed by atoms with Crippen molar-refractivity contribution >= 4 is 5.97 Å². The lowest BCUT2D eigenvalue weighted by Crippen LogP contribution is -2.50. The normalized spacial score (nSPS) is 30.9. The quantitative estimate of drug-likeness (QED) is 0.905. The predicted molar refractivity (Wildman–Crippen MR) is 82.3 cm³/mol. The van der Waals surface area contributed by atoms with Gasteiger partial charge < -0.3 is 10.0 Å². The Morgan fingerprint density at radius 3 is 2.81 bits per heavy atom. The third kappa shape index (κ3) is 2.83. The zero-order valence-electron chi connectivity index (χ0n) is 12.8. The fourth-order valence-electron chi connectivity index (χ4n) is 3.72. The maximum atomic E-state index is 11.6. The van der Waals surface area contributed by atoms with E-state index in [1.165, 1.54) is 5.56 Å². The molecule has 3 atom stereocenters. The number of hydrogen-bond donors (Lipinski definition) is 1. The van der Waals surface area contributed by atoms with Gasteiger partial charge in [0.05, 0.1) is 5.92 Å². The number of rotatable bonds is 2. The Bertz CT molecular complexity index is 531. The summed E-state index contributed by atoms with van der Waals surface area (Å²) in [7, 11) is 2.17. The van der Waals surface area contributed by atoms with Crippen LogP contribution in [0.2, 0.25) is 0 Å². The van der Waals surface area contributed by atoms with E-state index < -0.39 is 5.97 Å². The fourth-order valence-corrected chi connectivity index (χ4v) is 3.72. The van der Waals surface area contributed by atoms with Gasteiger partial charge in [0.15, 0.2) is 0 Å². The van der Waals surface area contributed by atoms with E-state index in [2.05, 4.69) is 29.8 Å². The molecule has 0 saturated carbocycles. The Kier molecular flexibility index (Phi) is 4.00. The van der Waals surface area contributed by atoms with E-state index in [1.807, 2.05) is 18.2 Å². The number of hydrogen-bond acceptors (Lipinski definition) is 3. The van der Waals surface area contributed by atoms with Crippen LogP contribution in [0.4, 0.5) is 0 Å². The Balaban J connectivity index is 1.82. The number of aliphatic carboxylic acids is 1. The summed E-state index contributed by atoms with van der Waals surface area (Å²) >= 11 is 0. The zero-order chi connectivity index (χ0) is 15.0. The lowest BCUT2D eigenvalue weighted by atomic mass is 9.87. The number of piperidine rings is 1. The second-order valence-corrected chi connectivity index (χ2v) is 6.53. The molecule has 3 rings (SSSR count). The maximum absolute atomic E-state index is 11.6. The molecule has 0 amide bonds. The summed E-state index contributed by atoms with van der Waals surface area (Å²) in [4.78, 5) is 16.4. The first kappa shape index (κ1) is 14.5. The topological polar surface area (TPSA) is 43.8 Å². The van der Waals surface area contributed by atoms with Crippen LogP contribution in [-0.4, -0.2) is 53.1 Å². The highest BCUT2D eigenvalue weighted by Crippen LogP contribution is 2.32. The molecule has 0 radical (unpaired) electrons. The van der Waals surface area contributed by atoms with Gasteiger partial charge in [-0.25, -0.2) is 0 Å². The van der Waals surface area contributed by atoms with Gasteiger partial charge in [-0.05, 0) is 44.5 Å². The first-order valence-corrected chi connectivity index (χ1v) is 7.81. The molecule has 114 valence electrons. The highest BCUT2D eigenvalue weighted by atomic mass is 16.4. The molecule has 4 nitrogen and oxygen atoms in total. The van der Waals surface area contributed by atoms with Gasteiger partial charge in [-0.2, -0.15) is 0 Å². The van der Waals surface area contributed by atoms with Gasteiger partial charge in [-0.3, -0.25) is 9.69 Å². The summed E-state index contributed by atoms with van der Waals surface area (Å²) < 4.78 is 0. The minimum atomic E-state index is -0.701. The largest absolute Gasteiger partial charge is 0.481 e. The highest BCUT2D eigenvalue weighted by Gasteiger charge is 2.35. The monoisotopic (exact) mass is 288 g/mol. The van der Waals surface area contributed by atoms with Crippen LogP contribution >= 0.6 is 0 Å². The maximum Gasteiger partial charge on any atom is 0.312 e. The van der Waals surface area contributed by atoms with Crippen molar-refractivity contribution < 1.29 is 9.90 Å². The van der Waals surface area contributed by atoms with E-state index in [0.29, 0.717) is 18.6 Å². The number of fused-ring (bicyclic) bond motifs is 1. The van der Waals surface area contributed by atoms with Crippen molar-refractivity contribution in [3.05, 3.63) is 35.4 Å². The van der Waals surface area contributed by atoms with E-state index in [0.717, 1.165) is 31.5 Å². The molecule has 2 heterocycles. The van der Waals surface area contributed by atoms with Crippen molar-refractivity contribution in [2.45, 2.75) is 44.3 Å². The molecule has 0 aliphatic carbocycles. The molecule has 3 unspecified atom stereocenters. The molecule has 21 heavy (non-hydrogen) atoms. The highest BCUT2D eigenvalue weighted by molar-refractivity contribution is 5.77. The molecule has 1 N–H and O–H groups in total. The lowest BCUT2D eigenvalue weighted by Gasteiger charge is -2.43. The fraction of sp³-hybridized carbons (Fsp3) is 0.588. The van der Waals surface area contributed by atoms with Crippen molar-refractivity contribution in [3.63, 3.8) is 0 Å². The smallest absolute Gasteiger partial charge is 0.312 e. The van der Waals surface area contributed by atoms with Crippen LogP contribution in [0.15, 0.2) is 24.3 Å². The van der Waals surface area contributed by atoms with Crippen molar-refractivity contribution in [2.24, 2.45) is 0 Å². The molecule has 1 saturated heterocycles. The Labute approximate surface area is 126 Å². The van der Waals surface area contributed by atoms with Crippen molar-refractivity contribution in [1.29, 1.82) is 0 Å². The third-order valence-corrected chi connectivity index (χ3v) is 5.22. The van der Waals surface area contributed by atoms with Crippen LogP contribution < -0.4 is 0 Å². The number of likely N-dealkylation sites (tertiary alicyclic amines) is 1. The van der Waals surface area contributed by atoms with Crippen molar-refractivity contribution in [3.8, 4) is 0 Å². The second-order valence-electron chi connectivity index (χ2n) is 6.53. The molecule has 0 aromatic heterocycles. The van der Waals surface area contributed by atoms with E-state index in [1.54, 1.807) is 0 Å². The molecular formula is C17H24N2O2. The standard InChI is InChI=1S/C17H24N2O2/c1-12-9-14(7-8-18(12)2)19-10-13-5-3-4-6-15(13)16(11-19)17(20)21/h3-6,12,14,16H,7-11H2,1-2H3,(H,20,21). The van der Waals surface area contributed by atoms with Gasteiger partial charge in [-0.15, -0.1) is 0 Å². The Hall–Kier alpha value is -1.39. The Morgan fingerprint density at radius 1 is 1.33 bits per heavy atom. The number of carboxylic acids is 1. The first-order chi connectivity index (χ1) is 10.1. The summed E-state index contributed by atoms with van der Waals surface area (Å²) in [6, 6.07) is 9.09. The average molecular weight is 288 g/mol. The number of carboxylic acid groups (broad SMARTS) is 1. The summed E-state index contributed by atoms with van der Waals surface area (Å²) in [5, 5.41) is 9.56. The van der Waals surface area contributed by atoms with Gasteiger partial charge in [0.2, 0.25) is 0 Å². The molecule has 4 heteroatoms. The first-order valence-electron chi connectivity index (χ1n) is 7.81. The van der Waals surface area contributed by atoms with Crippen LogP contribution in [0.3, 0.4) is 0 Å². The molecule has 2 aliphatic rings. The summed E-state index contributed by atoms with van der Waals surface area (Å²) in [6.45, 7) is 4.90. The number of benzene rings is 1.